The molecule has 13 heavy (non-hydrogen) atoms. The van der Waals surface area contributed by atoms with Crippen LogP contribution in [0.3, 0.4) is 0 Å². The summed E-state index contributed by atoms with van der Waals surface area (Å²) in [5, 5.41) is 0. The monoisotopic (exact) mass is 219 g/mol. The molecule has 0 aliphatic heterocycles. The fourth-order valence-electron chi connectivity index (χ4n) is 0.729. The van der Waals surface area contributed by atoms with Gasteiger partial charge in [-0.25, -0.2) is 8.42 Å². The van der Waals surface area contributed by atoms with Crippen molar-refractivity contribution in [2.24, 2.45) is 5.73 Å². The van der Waals surface area contributed by atoms with Crippen molar-refractivity contribution in [3.63, 3.8) is 0 Å². The summed E-state index contributed by atoms with van der Waals surface area (Å²) in [5.41, 5.74) is 4.76. The van der Waals surface area contributed by atoms with Crippen LogP contribution < -0.4 is 5.73 Å². The molecule has 0 amide bonds. The molecule has 0 aromatic heterocycles. The van der Waals surface area contributed by atoms with Crippen molar-refractivity contribution < 1.29 is 21.6 Å². The molecule has 0 fully saturated rings. The maximum atomic E-state index is 11.8. The Morgan fingerprint density at radius 2 is 1.85 bits per heavy atom. The standard InChI is InChI=1S/C6H12F3NO2S/c1-13(11,12)4-2-3-5(10)6(7,8)9/h5H,2-4,10H2,1H3. The zero-order valence-corrected chi connectivity index (χ0v) is 7.95. The molecule has 3 nitrogen and oxygen atoms in total. The number of nitrogens with two attached hydrogens (primary N) is 1. The molecule has 1 unspecified atom stereocenters. The maximum absolute atomic E-state index is 11.8. The molecule has 0 aliphatic carbocycles. The first-order valence-electron chi connectivity index (χ1n) is 3.63. The Morgan fingerprint density at radius 1 is 1.38 bits per heavy atom. The predicted octanol–water partition coefficient (Wildman–Crippen LogP) is 0.701. The van der Waals surface area contributed by atoms with Gasteiger partial charge < -0.3 is 5.73 Å². The van der Waals surface area contributed by atoms with Crippen LogP contribution in [0.25, 0.3) is 0 Å². The molecule has 1 atom stereocenters. The van der Waals surface area contributed by atoms with Gasteiger partial charge in [0.25, 0.3) is 0 Å². The minimum atomic E-state index is -4.43. The topological polar surface area (TPSA) is 60.2 Å². The third-order valence-corrected chi connectivity index (χ3v) is 2.48. The Kier molecular flexibility index (Phi) is 4.18. The van der Waals surface area contributed by atoms with Gasteiger partial charge in [0.15, 0.2) is 0 Å². The van der Waals surface area contributed by atoms with E-state index >= 15 is 0 Å². The Hall–Kier alpha value is -0.300. The third-order valence-electron chi connectivity index (χ3n) is 1.45. The van der Waals surface area contributed by atoms with Gasteiger partial charge in [0.1, 0.15) is 15.9 Å². The minimum Gasteiger partial charge on any atom is -0.320 e. The molecule has 0 saturated carbocycles. The zero-order chi connectivity index (χ0) is 10.7. The summed E-state index contributed by atoms with van der Waals surface area (Å²) in [4.78, 5) is 0. The zero-order valence-electron chi connectivity index (χ0n) is 7.13. The van der Waals surface area contributed by atoms with Gasteiger partial charge in [-0.3, -0.25) is 0 Å². The van der Waals surface area contributed by atoms with Crippen molar-refractivity contribution in [3.8, 4) is 0 Å². The largest absolute Gasteiger partial charge is 0.403 e. The van der Waals surface area contributed by atoms with E-state index in [0.717, 1.165) is 6.26 Å². The van der Waals surface area contributed by atoms with E-state index in [4.69, 9.17) is 5.73 Å². The van der Waals surface area contributed by atoms with Gasteiger partial charge in [-0.15, -0.1) is 0 Å². The minimum absolute atomic E-state index is 0.0560. The second-order valence-corrected chi connectivity index (χ2v) is 5.18. The van der Waals surface area contributed by atoms with Gasteiger partial charge in [-0.1, -0.05) is 0 Å². The summed E-state index contributed by atoms with van der Waals surface area (Å²) in [6.45, 7) is 0. The fraction of sp³-hybridized carbons (Fsp3) is 1.00. The van der Waals surface area contributed by atoms with Gasteiger partial charge in [0.2, 0.25) is 0 Å². The summed E-state index contributed by atoms with van der Waals surface area (Å²) in [6.07, 6.45) is -3.86. The lowest BCUT2D eigenvalue weighted by atomic mass is 10.2. The van der Waals surface area contributed by atoms with Crippen molar-refractivity contribution in [2.75, 3.05) is 12.0 Å². The molecule has 0 rings (SSSR count). The van der Waals surface area contributed by atoms with E-state index in [0.29, 0.717) is 0 Å². The predicted molar refractivity (Wildman–Crippen MR) is 43.0 cm³/mol. The van der Waals surface area contributed by atoms with E-state index in [1.54, 1.807) is 0 Å². The molecule has 80 valence electrons. The van der Waals surface area contributed by atoms with Crippen molar-refractivity contribution in [3.05, 3.63) is 0 Å². The Bertz CT molecular complexity index is 247. The van der Waals surface area contributed by atoms with Crippen molar-refractivity contribution in [1.82, 2.24) is 0 Å². The van der Waals surface area contributed by atoms with E-state index in [2.05, 4.69) is 0 Å². The fourth-order valence-corrected chi connectivity index (χ4v) is 1.42. The molecule has 0 heterocycles. The molecule has 0 bridgehead atoms. The molecule has 0 spiro atoms. The second-order valence-electron chi connectivity index (χ2n) is 2.92. The highest BCUT2D eigenvalue weighted by Crippen LogP contribution is 2.21. The molecule has 0 radical (unpaired) electrons. The first-order chi connectivity index (χ1) is 5.63. The van der Waals surface area contributed by atoms with Crippen molar-refractivity contribution >= 4 is 9.84 Å². The number of hydrogen-bond donors (Lipinski definition) is 1. The summed E-state index contributed by atoms with van der Waals surface area (Å²) in [5.74, 6) is -0.253. The van der Waals surface area contributed by atoms with Gasteiger partial charge >= 0.3 is 6.18 Å². The lowest BCUT2D eigenvalue weighted by Gasteiger charge is -2.14. The molecule has 0 aliphatic rings. The lowest BCUT2D eigenvalue weighted by molar-refractivity contribution is -0.148. The Balaban J connectivity index is 3.80. The summed E-state index contributed by atoms with van der Waals surface area (Å²) < 4.78 is 56.5. The molecular formula is C6H12F3NO2S. The van der Waals surface area contributed by atoms with E-state index in [9.17, 15) is 21.6 Å². The second kappa shape index (κ2) is 4.28. The van der Waals surface area contributed by atoms with Gasteiger partial charge in [0, 0.05) is 12.0 Å². The first kappa shape index (κ1) is 12.7. The van der Waals surface area contributed by atoms with Crippen LogP contribution in [0.4, 0.5) is 13.2 Å². The van der Waals surface area contributed by atoms with Crippen LogP contribution >= 0.6 is 0 Å². The summed E-state index contributed by atoms with van der Waals surface area (Å²) in [7, 11) is -3.19. The number of alkyl halides is 3. The Labute approximate surface area is 75.0 Å². The van der Waals surface area contributed by atoms with Gasteiger partial charge in [-0.2, -0.15) is 13.2 Å². The highest BCUT2D eigenvalue weighted by molar-refractivity contribution is 7.90. The van der Waals surface area contributed by atoms with Gasteiger partial charge in [-0.05, 0) is 12.8 Å². The molecule has 7 heteroatoms. The first-order valence-corrected chi connectivity index (χ1v) is 5.69. The van der Waals surface area contributed by atoms with Crippen LogP contribution in [-0.4, -0.2) is 32.6 Å². The number of hydrogen-bond acceptors (Lipinski definition) is 3. The molecule has 0 aromatic carbocycles. The van der Waals surface area contributed by atoms with Crippen LogP contribution in [0.2, 0.25) is 0 Å². The van der Waals surface area contributed by atoms with Crippen LogP contribution in [0.1, 0.15) is 12.8 Å². The van der Waals surface area contributed by atoms with Gasteiger partial charge in [0.05, 0.1) is 0 Å². The van der Waals surface area contributed by atoms with E-state index in [1.165, 1.54) is 0 Å². The normalized spacial score (nSPS) is 15.8. The average molecular weight is 219 g/mol. The SMILES string of the molecule is CS(=O)(=O)CCCC(N)C(F)(F)F. The van der Waals surface area contributed by atoms with E-state index in [1.807, 2.05) is 0 Å². The summed E-state index contributed by atoms with van der Waals surface area (Å²) in [6, 6.07) is -1.92. The van der Waals surface area contributed by atoms with E-state index < -0.39 is 22.1 Å². The van der Waals surface area contributed by atoms with Crippen LogP contribution in [0, 0.1) is 0 Å². The van der Waals surface area contributed by atoms with E-state index in [-0.39, 0.29) is 18.6 Å². The Morgan fingerprint density at radius 3 is 2.15 bits per heavy atom. The number of halogens is 3. The highest BCUT2D eigenvalue weighted by atomic mass is 32.2. The highest BCUT2D eigenvalue weighted by Gasteiger charge is 2.35. The quantitative estimate of drug-likeness (QED) is 0.757. The third kappa shape index (κ3) is 6.83. The lowest BCUT2D eigenvalue weighted by Crippen LogP contribution is -2.37. The average Bonchev–Trinajstić information content (AvgIpc) is 1.82. The smallest absolute Gasteiger partial charge is 0.320 e. The van der Waals surface area contributed by atoms with Crippen LogP contribution in [0.5, 0.6) is 0 Å². The number of sulfone groups is 1. The molecule has 0 aromatic rings. The van der Waals surface area contributed by atoms with Crippen molar-refractivity contribution in [2.45, 2.75) is 25.1 Å². The molecular weight excluding hydrogens is 207 g/mol. The number of rotatable bonds is 4. The maximum Gasteiger partial charge on any atom is 0.403 e. The van der Waals surface area contributed by atoms with Crippen molar-refractivity contribution in [1.29, 1.82) is 0 Å². The molecule has 2 N–H and O–H groups in total. The summed E-state index contributed by atoms with van der Waals surface area (Å²) >= 11 is 0. The van der Waals surface area contributed by atoms with Crippen LogP contribution in [0.15, 0.2) is 0 Å². The van der Waals surface area contributed by atoms with Crippen LogP contribution in [-0.2, 0) is 9.84 Å². The molecule has 0 saturated heterocycles.